The van der Waals surface area contributed by atoms with Gasteiger partial charge >= 0.3 is 5.97 Å². The van der Waals surface area contributed by atoms with Crippen LogP contribution in [0.2, 0.25) is 0 Å². The number of benzene rings is 2. The molecular formula is C36H41N3O3S. The van der Waals surface area contributed by atoms with Gasteiger partial charge in [0.2, 0.25) is 0 Å². The summed E-state index contributed by atoms with van der Waals surface area (Å²) in [6, 6.07) is 19.1. The lowest BCUT2D eigenvalue weighted by atomic mass is 9.78. The summed E-state index contributed by atoms with van der Waals surface area (Å²) in [5, 5.41) is 12.5. The molecule has 1 aliphatic carbocycles. The van der Waals surface area contributed by atoms with Gasteiger partial charge in [-0.2, -0.15) is 0 Å². The molecule has 4 aromatic rings. The number of carbonyl (C=O) groups excluding carboxylic acids is 1. The molecule has 1 amide bonds. The number of carboxylic acid groups (broad SMARTS) is 1. The van der Waals surface area contributed by atoms with Gasteiger partial charge in [-0.15, -0.1) is 11.3 Å². The Hall–Kier alpha value is -3.84. The number of amides is 1. The summed E-state index contributed by atoms with van der Waals surface area (Å²) in [6.45, 7) is 6.56. The number of carbonyl (C=O) groups is 2. The van der Waals surface area contributed by atoms with E-state index in [9.17, 15) is 14.7 Å². The summed E-state index contributed by atoms with van der Waals surface area (Å²) in [7, 11) is 0. The third-order valence-electron chi connectivity index (χ3n) is 8.54. The van der Waals surface area contributed by atoms with Gasteiger partial charge in [0, 0.05) is 34.8 Å². The first-order chi connectivity index (χ1) is 20.8. The Kier molecular flexibility index (Phi) is 10.0. The summed E-state index contributed by atoms with van der Waals surface area (Å²) >= 11 is 1.42. The van der Waals surface area contributed by atoms with E-state index in [2.05, 4.69) is 60.3 Å². The van der Waals surface area contributed by atoms with Crippen LogP contribution in [-0.4, -0.2) is 33.0 Å². The van der Waals surface area contributed by atoms with Crippen molar-refractivity contribution in [2.24, 2.45) is 11.8 Å². The summed E-state index contributed by atoms with van der Waals surface area (Å²) in [6.07, 6.45) is 11.3. The number of nitrogens with zero attached hydrogens (tertiary/aromatic N) is 2. The summed E-state index contributed by atoms with van der Waals surface area (Å²) in [4.78, 5) is 35.6. The molecule has 2 aromatic heterocycles. The molecule has 1 fully saturated rings. The van der Waals surface area contributed by atoms with Gasteiger partial charge in [0.05, 0.1) is 4.88 Å². The van der Waals surface area contributed by atoms with Crippen molar-refractivity contribution in [3.8, 4) is 22.5 Å². The van der Waals surface area contributed by atoms with Crippen LogP contribution >= 0.6 is 11.3 Å². The Balaban J connectivity index is 1.18. The predicted molar refractivity (Wildman–Crippen MR) is 173 cm³/mol. The number of carboxylic acids is 1. The predicted octanol–water partition coefficient (Wildman–Crippen LogP) is 8.18. The quantitative estimate of drug-likeness (QED) is 0.182. The minimum atomic E-state index is -1.06. The van der Waals surface area contributed by atoms with E-state index in [1.807, 2.05) is 42.7 Å². The van der Waals surface area contributed by atoms with E-state index in [4.69, 9.17) is 0 Å². The molecular weight excluding hydrogens is 554 g/mol. The Morgan fingerprint density at radius 2 is 1.51 bits per heavy atom. The molecule has 1 aliphatic rings. The van der Waals surface area contributed by atoms with Crippen molar-refractivity contribution in [2.45, 2.75) is 77.7 Å². The summed E-state index contributed by atoms with van der Waals surface area (Å²) in [5.74, 6) is 1.25. The zero-order valence-electron chi connectivity index (χ0n) is 25.3. The molecule has 0 unspecified atom stereocenters. The second-order valence-electron chi connectivity index (χ2n) is 12.2. The van der Waals surface area contributed by atoms with Crippen LogP contribution < -0.4 is 5.32 Å². The molecule has 224 valence electrons. The molecule has 2 heterocycles. The van der Waals surface area contributed by atoms with Crippen molar-refractivity contribution in [1.29, 1.82) is 0 Å². The molecule has 0 bridgehead atoms. The van der Waals surface area contributed by atoms with E-state index in [1.54, 1.807) is 6.07 Å². The van der Waals surface area contributed by atoms with Gasteiger partial charge in [0.15, 0.2) is 5.82 Å². The van der Waals surface area contributed by atoms with Gasteiger partial charge in [0.25, 0.3) is 5.91 Å². The number of nitrogens with one attached hydrogen (secondary N) is 1. The van der Waals surface area contributed by atoms with Crippen LogP contribution in [0, 0.1) is 11.8 Å². The van der Waals surface area contributed by atoms with E-state index in [1.165, 1.54) is 49.0 Å². The molecule has 0 spiro atoms. The maximum atomic E-state index is 12.7. The number of thiophene rings is 1. The minimum Gasteiger partial charge on any atom is -0.480 e. The summed E-state index contributed by atoms with van der Waals surface area (Å²) in [5.41, 5.74) is 5.17. The Morgan fingerprint density at radius 3 is 2.12 bits per heavy atom. The number of aromatic nitrogens is 2. The molecule has 1 saturated carbocycles. The SMILES string of the molecule is CC[C@H]1CC[C@H](c2ccc(-c3cnc(-c4ccc(C[C@H](NC(=O)c5ccc(CC(C)C)s5)C(=O)O)cc4)nc3)cc2)CC1. The lowest BCUT2D eigenvalue weighted by Crippen LogP contribution is -2.42. The first kappa shape index (κ1) is 30.6. The standard InChI is InChI=1S/C36H41N3O3S/c1-4-24-5-9-26(10-6-24)27-13-15-28(16-14-27)30-21-37-34(38-22-30)29-11-7-25(8-12-29)20-32(36(41)42)39-35(40)33-18-17-31(43-33)19-23(2)3/h7-8,11-18,21-24,26,32H,4-6,9-10,19-20H2,1-3H3,(H,39,40)(H,41,42)/t24-,26-,32-/m0/s1. The third-order valence-corrected chi connectivity index (χ3v) is 9.65. The van der Waals surface area contributed by atoms with Crippen molar-refractivity contribution in [1.82, 2.24) is 15.3 Å². The van der Waals surface area contributed by atoms with Crippen molar-refractivity contribution < 1.29 is 14.7 Å². The molecule has 7 heteroatoms. The van der Waals surface area contributed by atoms with Gasteiger partial charge < -0.3 is 10.4 Å². The van der Waals surface area contributed by atoms with Crippen LogP contribution in [0.3, 0.4) is 0 Å². The summed E-state index contributed by atoms with van der Waals surface area (Å²) < 4.78 is 0. The largest absolute Gasteiger partial charge is 0.480 e. The third kappa shape index (κ3) is 7.96. The zero-order chi connectivity index (χ0) is 30.3. The number of aliphatic carboxylic acids is 1. The van der Waals surface area contributed by atoms with Crippen LogP contribution in [-0.2, 0) is 17.6 Å². The molecule has 43 heavy (non-hydrogen) atoms. The van der Waals surface area contributed by atoms with Gasteiger partial charge in [-0.25, -0.2) is 14.8 Å². The average Bonchev–Trinajstić information content (AvgIpc) is 3.49. The van der Waals surface area contributed by atoms with Crippen molar-refractivity contribution in [3.05, 3.63) is 93.9 Å². The molecule has 1 atom stereocenters. The van der Waals surface area contributed by atoms with Crippen LogP contribution in [0.5, 0.6) is 0 Å². The van der Waals surface area contributed by atoms with Gasteiger partial charge in [0.1, 0.15) is 6.04 Å². The van der Waals surface area contributed by atoms with Gasteiger partial charge in [-0.05, 0) is 78.7 Å². The normalized spacial score (nSPS) is 17.5. The van der Waals surface area contributed by atoms with E-state index in [0.717, 1.165) is 39.5 Å². The molecule has 6 nitrogen and oxygen atoms in total. The molecule has 0 aliphatic heterocycles. The van der Waals surface area contributed by atoms with Gasteiger partial charge in [-0.3, -0.25) is 4.79 Å². The first-order valence-electron chi connectivity index (χ1n) is 15.4. The fraction of sp³-hybridized carbons (Fsp3) is 0.389. The van der Waals surface area contributed by atoms with E-state index < -0.39 is 12.0 Å². The Bertz CT molecular complexity index is 1500. The fourth-order valence-corrected chi connectivity index (χ4v) is 7.07. The highest BCUT2D eigenvalue weighted by Gasteiger charge is 2.23. The smallest absolute Gasteiger partial charge is 0.326 e. The number of rotatable bonds is 11. The lowest BCUT2D eigenvalue weighted by molar-refractivity contribution is -0.139. The van der Waals surface area contributed by atoms with Crippen LogP contribution in [0.15, 0.2) is 73.1 Å². The monoisotopic (exact) mass is 595 g/mol. The van der Waals surface area contributed by atoms with Crippen LogP contribution in [0.25, 0.3) is 22.5 Å². The lowest BCUT2D eigenvalue weighted by Gasteiger charge is -2.28. The molecule has 2 aromatic carbocycles. The Morgan fingerprint density at radius 1 is 0.860 bits per heavy atom. The maximum Gasteiger partial charge on any atom is 0.326 e. The fourth-order valence-electron chi connectivity index (χ4n) is 5.95. The van der Waals surface area contributed by atoms with Crippen LogP contribution in [0.4, 0.5) is 0 Å². The van der Waals surface area contributed by atoms with Crippen molar-refractivity contribution in [3.63, 3.8) is 0 Å². The Labute approximate surface area is 258 Å². The second kappa shape index (κ2) is 14.1. The van der Waals surface area contributed by atoms with E-state index >= 15 is 0 Å². The van der Waals surface area contributed by atoms with E-state index in [-0.39, 0.29) is 12.3 Å². The minimum absolute atomic E-state index is 0.182. The maximum absolute atomic E-state index is 12.7. The number of hydrogen-bond acceptors (Lipinski definition) is 5. The highest BCUT2D eigenvalue weighted by atomic mass is 32.1. The van der Waals surface area contributed by atoms with Crippen LogP contribution in [0.1, 0.15) is 84.5 Å². The average molecular weight is 596 g/mol. The van der Waals surface area contributed by atoms with Crippen molar-refractivity contribution in [2.75, 3.05) is 0 Å². The molecule has 0 saturated heterocycles. The highest BCUT2D eigenvalue weighted by Crippen LogP contribution is 2.37. The van der Waals surface area contributed by atoms with E-state index in [0.29, 0.717) is 22.5 Å². The topological polar surface area (TPSA) is 92.2 Å². The number of hydrogen-bond donors (Lipinski definition) is 2. The molecule has 0 radical (unpaired) electrons. The highest BCUT2D eigenvalue weighted by molar-refractivity contribution is 7.14. The molecule has 2 N–H and O–H groups in total. The first-order valence-corrected chi connectivity index (χ1v) is 16.2. The second-order valence-corrected chi connectivity index (χ2v) is 13.3. The molecule has 5 rings (SSSR count). The van der Waals surface area contributed by atoms with Crippen molar-refractivity contribution >= 4 is 23.2 Å². The zero-order valence-corrected chi connectivity index (χ0v) is 26.1. The van der Waals surface area contributed by atoms with Gasteiger partial charge in [-0.1, -0.05) is 75.7 Å².